The molecule has 1 amide bonds. The van der Waals surface area contributed by atoms with Gasteiger partial charge < -0.3 is 10.2 Å². The van der Waals surface area contributed by atoms with Gasteiger partial charge in [-0.2, -0.15) is 0 Å². The van der Waals surface area contributed by atoms with Gasteiger partial charge in [0.2, 0.25) is 0 Å². The van der Waals surface area contributed by atoms with E-state index < -0.39 is 11.4 Å². The number of aliphatic imine (C=N–C) groups is 1. The molecule has 29 heavy (non-hydrogen) atoms. The summed E-state index contributed by atoms with van der Waals surface area (Å²) < 4.78 is 14.2. The van der Waals surface area contributed by atoms with Crippen LogP contribution in [0.2, 0.25) is 0 Å². The van der Waals surface area contributed by atoms with Crippen molar-refractivity contribution >= 4 is 17.4 Å². The molecule has 1 fully saturated rings. The van der Waals surface area contributed by atoms with Gasteiger partial charge in [0, 0.05) is 25.3 Å². The molecule has 1 saturated heterocycles. The Bertz CT molecular complexity index is 965. The zero-order valence-electron chi connectivity index (χ0n) is 17.1. The van der Waals surface area contributed by atoms with E-state index in [0.29, 0.717) is 26.1 Å². The van der Waals surface area contributed by atoms with Crippen LogP contribution in [-0.4, -0.2) is 40.8 Å². The van der Waals surface area contributed by atoms with E-state index in [2.05, 4.69) is 37.5 Å². The molecular formula is C23H27FN4O. The molecule has 2 aliphatic heterocycles. The van der Waals surface area contributed by atoms with Crippen LogP contribution < -0.4 is 10.6 Å². The molecular weight excluding hydrogens is 367 g/mol. The van der Waals surface area contributed by atoms with Gasteiger partial charge in [0.05, 0.1) is 16.6 Å². The third kappa shape index (κ3) is 3.90. The number of amides is 1. The Morgan fingerprint density at radius 2 is 1.86 bits per heavy atom. The Morgan fingerprint density at radius 1 is 1.14 bits per heavy atom. The Morgan fingerprint density at radius 3 is 2.62 bits per heavy atom. The maximum Gasteiger partial charge on any atom is 0.256 e. The maximum absolute atomic E-state index is 14.2. The van der Waals surface area contributed by atoms with Crippen LogP contribution in [0.4, 0.5) is 10.1 Å². The fraction of sp³-hybridized carbons (Fsp3) is 0.391. The minimum Gasteiger partial charge on any atom is -0.342 e. The van der Waals surface area contributed by atoms with Gasteiger partial charge in [0.15, 0.2) is 0 Å². The quantitative estimate of drug-likeness (QED) is 0.773. The summed E-state index contributed by atoms with van der Waals surface area (Å²) >= 11 is 0. The predicted octanol–water partition coefficient (Wildman–Crippen LogP) is 3.82. The largest absolute Gasteiger partial charge is 0.342 e. The molecule has 0 aromatic heterocycles. The first-order chi connectivity index (χ1) is 13.8. The monoisotopic (exact) mass is 394 g/mol. The van der Waals surface area contributed by atoms with Crippen molar-refractivity contribution in [2.45, 2.75) is 44.8 Å². The minimum atomic E-state index is -0.493. The molecule has 0 saturated carbocycles. The molecule has 2 N–H and O–H groups in total. The number of carbonyl (C=O) groups excluding carboxylic acids is 1. The highest BCUT2D eigenvalue weighted by molar-refractivity contribution is 6.05. The van der Waals surface area contributed by atoms with E-state index in [4.69, 9.17) is 4.99 Å². The molecule has 2 aliphatic rings. The summed E-state index contributed by atoms with van der Waals surface area (Å²) in [4.78, 5) is 19.7. The van der Waals surface area contributed by atoms with E-state index in [1.165, 1.54) is 6.07 Å². The normalized spacial score (nSPS) is 23.0. The van der Waals surface area contributed by atoms with E-state index in [-0.39, 0.29) is 17.0 Å². The first-order valence-electron chi connectivity index (χ1n) is 10.0. The SMILES string of the molecule is CC(C)(C)N=C1Nc2ccccc2CN[C@@]12CCN(C(=O)c1ccccc1F)C2. The average molecular weight is 394 g/mol. The zero-order valence-corrected chi connectivity index (χ0v) is 17.1. The van der Waals surface area contributed by atoms with Crippen LogP contribution in [0.1, 0.15) is 43.1 Å². The summed E-state index contributed by atoms with van der Waals surface area (Å²) in [5, 5.41) is 7.19. The van der Waals surface area contributed by atoms with Crippen molar-refractivity contribution in [3.05, 3.63) is 65.5 Å². The lowest BCUT2D eigenvalue weighted by molar-refractivity contribution is 0.0781. The van der Waals surface area contributed by atoms with E-state index in [0.717, 1.165) is 17.1 Å². The second kappa shape index (κ2) is 7.26. The zero-order chi connectivity index (χ0) is 20.6. The molecule has 0 bridgehead atoms. The number of hydrogen-bond acceptors (Lipinski definition) is 3. The van der Waals surface area contributed by atoms with Crippen molar-refractivity contribution in [1.29, 1.82) is 0 Å². The Balaban J connectivity index is 1.67. The van der Waals surface area contributed by atoms with Crippen LogP contribution in [0.3, 0.4) is 0 Å². The van der Waals surface area contributed by atoms with E-state index in [9.17, 15) is 9.18 Å². The first kappa shape index (κ1) is 19.6. The van der Waals surface area contributed by atoms with Crippen LogP contribution in [0.15, 0.2) is 53.5 Å². The topological polar surface area (TPSA) is 56.7 Å². The number of benzene rings is 2. The fourth-order valence-corrected chi connectivity index (χ4v) is 3.99. The number of fused-ring (bicyclic) bond motifs is 1. The number of hydrogen-bond donors (Lipinski definition) is 2. The molecule has 0 radical (unpaired) electrons. The van der Waals surface area contributed by atoms with Gasteiger partial charge in [-0.1, -0.05) is 30.3 Å². The Kier molecular flexibility index (Phi) is 4.90. The maximum atomic E-state index is 14.2. The van der Waals surface area contributed by atoms with Crippen molar-refractivity contribution < 1.29 is 9.18 Å². The summed E-state index contributed by atoms with van der Waals surface area (Å²) in [6.07, 6.45) is 0.711. The summed E-state index contributed by atoms with van der Waals surface area (Å²) in [6.45, 7) is 7.83. The second-order valence-electron chi connectivity index (χ2n) is 8.81. The van der Waals surface area contributed by atoms with Gasteiger partial charge in [0.25, 0.3) is 5.91 Å². The summed E-state index contributed by atoms with van der Waals surface area (Å²) in [5.74, 6) is 0.0683. The number of likely N-dealkylation sites (tertiary alicyclic amines) is 1. The Labute approximate surface area is 171 Å². The highest BCUT2D eigenvalue weighted by atomic mass is 19.1. The molecule has 0 aliphatic carbocycles. The smallest absolute Gasteiger partial charge is 0.256 e. The Hall–Kier alpha value is -2.73. The van der Waals surface area contributed by atoms with Crippen LogP contribution in [0.25, 0.3) is 0 Å². The van der Waals surface area contributed by atoms with Gasteiger partial charge >= 0.3 is 0 Å². The molecule has 1 spiro atoms. The molecule has 2 aromatic rings. The standard InChI is InChI=1S/C23H27FN4O/c1-22(2,3)27-21-23(25-14-16-8-4-7-11-19(16)26-21)12-13-28(15-23)20(29)17-9-5-6-10-18(17)24/h4-11,25H,12-15H2,1-3H3,(H,26,27)/t23-/m1/s1. The van der Waals surface area contributed by atoms with Crippen molar-refractivity contribution in [3.8, 4) is 0 Å². The number of anilines is 1. The average Bonchev–Trinajstić information content (AvgIpc) is 3.05. The van der Waals surface area contributed by atoms with Gasteiger partial charge in [-0.05, 0) is 51.0 Å². The number of rotatable bonds is 1. The lowest BCUT2D eigenvalue weighted by Gasteiger charge is -2.32. The molecule has 2 aromatic carbocycles. The van der Waals surface area contributed by atoms with Crippen LogP contribution in [-0.2, 0) is 6.54 Å². The van der Waals surface area contributed by atoms with Gasteiger partial charge in [0.1, 0.15) is 11.7 Å². The van der Waals surface area contributed by atoms with Crippen molar-refractivity contribution in [3.63, 3.8) is 0 Å². The van der Waals surface area contributed by atoms with E-state index in [1.54, 1.807) is 23.1 Å². The first-order valence-corrected chi connectivity index (χ1v) is 10.0. The van der Waals surface area contributed by atoms with Crippen LogP contribution >= 0.6 is 0 Å². The number of halogens is 1. The van der Waals surface area contributed by atoms with Crippen molar-refractivity contribution in [2.75, 3.05) is 18.4 Å². The van der Waals surface area contributed by atoms with Crippen molar-refractivity contribution in [1.82, 2.24) is 10.2 Å². The lowest BCUT2D eigenvalue weighted by atomic mass is 9.95. The van der Waals surface area contributed by atoms with Gasteiger partial charge in [-0.15, -0.1) is 0 Å². The number of nitrogens with one attached hydrogen (secondary N) is 2. The highest BCUT2D eigenvalue weighted by Gasteiger charge is 2.46. The molecule has 1 atom stereocenters. The molecule has 5 nitrogen and oxygen atoms in total. The third-order valence-electron chi connectivity index (χ3n) is 5.45. The number of carbonyl (C=O) groups is 1. The fourth-order valence-electron chi connectivity index (χ4n) is 3.99. The minimum absolute atomic E-state index is 0.115. The number of para-hydroxylation sites is 1. The molecule has 6 heteroatoms. The van der Waals surface area contributed by atoms with Gasteiger partial charge in [-0.25, -0.2) is 4.39 Å². The van der Waals surface area contributed by atoms with Crippen LogP contribution in [0, 0.1) is 5.82 Å². The van der Waals surface area contributed by atoms with Gasteiger partial charge in [-0.3, -0.25) is 15.1 Å². The predicted molar refractivity (Wildman–Crippen MR) is 114 cm³/mol. The lowest BCUT2D eigenvalue weighted by Crippen LogP contribution is -2.56. The van der Waals surface area contributed by atoms with E-state index >= 15 is 0 Å². The highest BCUT2D eigenvalue weighted by Crippen LogP contribution is 2.31. The van der Waals surface area contributed by atoms with Crippen molar-refractivity contribution in [2.24, 2.45) is 4.99 Å². The molecule has 2 heterocycles. The molecule has 152 valence electrons. The molecule has 4 rings (SSSR count). The van der Waals surface area contributed by atoms with E-state index in [1.807, 2.05) is 18.2 Å². The third-order valence-corrected chi connectivity index (χ3v) is 5.45. The summed E-state index contributed by atoms with van der Waals surface area (Å²) in [7, 11) is 0. The number of nitrogens with zero attached hydrogens (tertiary/aromatic N) is 2. The summed E-state index contributed by atoms with van der Waals surface area (Å²) in [6, 6.07) is 14.3. The summed E-state index contributed by atoms with van der Waals surface area (Å²) in [5.41, 5.74) is 1.53. The van der Waals surface area contributed by atoms with Crippen LogP contribution in [0.5, 0.6) is 0 Å². The molecule has 0 unspecified atom stereocenters. The number of amidine groups is 1. The second-order valence-corrected chi connectivity index (χ2v) is 8.81.